The van der Waals surface area contributed by atoms with E-state index < -0.39 is 24.5 Å². The van der Waals surface area contributed by atoms with E-state index in [1.807, 2.05) is 6.07 Å². The summed E-state index contributed by atoms with van der Waals surface area (Å²) in [6, 6.07) is 11.4. The minimum atomic E-state index is -4.68. The zero-order chi connectivity index (χ0) is 22.9. The van der Waals surface area contributed by atoms with Gasteiger partial charge in [0.05, 0.1) is 22.4 Å². The van der Waals surface area contributed by atoms with Crippen molar-refractivity contribution in [1.29, 1.82) is 0 Å². The van der Waals surface area contributed by atoms with Crippen molar-refractivity contribution in [3.05, 3.63) is 53.3 Å². The molecule has 3 aromatic rings. The lowest BCUT2D eigenvalue weighted by Crippen LogP contribution is -2.46. The average molecular weight is 466 g/mol. The number of carbonyl (C=O) groups is 1. The molecule has 2 heterocycles. The number of piperazine rings is 1. The fourth-order valence-electron chi connectivity index (χ4n) is 3.97. The van der Waals surface area contributed by atoms with Crippen LogP contribution in [0.2, 0.25) is 5.02 Å². The maximum Gasteiger partial charge on any atom is 0.449 e. The number of likely N-dealkylation sites (N-methyl/N-ethyl adjacent to an activating group) is 1. The van der Waals surface area contributed by atoms with E-state index in [1.54, 1.807) is 24.3 Å². The van der Waals surface area contributed by atoms with E-state index in [0.29, 0.717) is 10.7 Å². The molecule has 0 atom stereocenters. The Morgan fingerprint density at radius 1 is 1.12 bits per heavy atom. The van der Waals surface area contributed by atoms with Gasteiger partial charge in [-0.3, -0.25) is 4.79 Å². The fourth-order valence-corrected chi connectivity index (χ4v) is 4.15. The Morgan fingerprint density at radius 3 is 2.53 bits per heavy atom. The Kier molecular flexibility index (Phi) is 6.30. The monoisotopic (exact) mass is 465 g/mol. The summed E-state index contributed by atoms with van der Waals surface area (Å²) in [4.78, 5) is 21.0. The van der Waals surface area contributed by atoms with Crippen molar-refractivity contribution in [2.75, 3.05) is 42.9 Å². The van der Waals surface area contributed by atoms with Crippen LogP contribution in [0.25, 0.3) is 11.0 Å². The van der Waals surface area contributed by atoms with Gasteiger partial charge in [-0.05, 0) is 36.9 Å². The molecule has 0 aliphatic carbocycles. The van der Waals surface area contributed by atoms with E-state index in [2.05, 4.69) is 27.0 Å². The van der Waals surface area contributed by atoms with Gasteiger partial charge in [-0.15, -0.1) is 0 Å². The second-order valence-corrected chi connectivity index (χ2v) is 8.08. The van der Waals surface area contributed by atoms with Gasteiger partial charge >= 0.3 is 6.18 Å². The van der Waals surface area contributed by atoms with Gasteiger partial charge in [0.15, 0.2) is 0 Å². The molecule has 1 fully saturated rings. The Morgan fingerprint density at radius 2 is 1.84 bits per heavy atom. The highest BCUT2D eigenvalue weighted by Crippen LogP contribution is 2.33. The molecule has 0 saturated carbocycles. The second-order valence-electron chi connectivity index (χ2n) is 7.64. The summed E-state index contributed by atoms with van der Waals surface area (Å²) in [6.45, 7) is 5.90. The van der Waals surface area contributed by atoms with Gasteiger partial charge in [0.25, 0.3) is 0 Å². The third kappa shape index (κ3) is 4.68. The maximum absolute atomic E-state index is 13.5. The second kappa shape index (κ2) is 8.99. The number of carbonyl (C=O) groups excluding carboxylic acids is 1. The van der Waals surface area contributed by atoms with Crippen LogP contribution in [0.1, 0.15) is 12.7 Å². The predicted molar refractivity (Wildman–Crippen MR) is 119 cm³/mol. The summed E-state index contributed by atoms with van der Waals surface area (Å²) in [5, 5.41) is 3.19. The number of imidazole rings is 1. The van der Waals surface area contributed by atoms with Gasteiger partial charge in [0.2, 0.25) is 11.7 Å². The average Bonchev–Trinajstić information content (AvgIpc) is 3.13. The van der Waals surface area contributed by atoms with E-state index in [9.17, 15) is 18.0 Å². The molecule has 1 N–H and O–H groups in total. The summed E-state index contributed by atoms with van der Waals surface area (Å²) in [7, 11) is 0. The standard InChI is InChI=1S/C22H23ClF3N5O/c1-2-29-9-11-30(12-10-29)18-8-7-15(23)13-17(18)27-20(32)14-31-19-6-4-3-5-16(19)28-21(31)22(24,25)26/h3-8,13H,2,9-12,14H2,1H3,(H,27,32). The molecule has 32 heavy (non-hydrogen) atoms. The number of nitrogens with zero attached hydrogens (tertiary/aromatic N) is 4. The maximum atomic E-state index is 13.5. The Labute approximate surface area is 188 Å². The number of nitrogens with one attached hydrogen (secondary N) is 1. The van der Waals surface area contributed by atoms with Crippen LogP contribution in [0.3, 0.4) is 0 Å². The first kappa shape index (κ1) is 22.4. The van der Waals surface area contributed by atoms with E-state index in [-0.39, 0.29) is 11.0 Å². The summed E-state index contributed by atoms with van der Waals surface area (Å²) >= 11 is 6.15. The van der Waals surface area contributed by atoms with Crippen molar-refractivity contribution in [3.8, 4) is 0 Å². The number of anilines is 2. The molecule has 1 aromatic heterocycles. The van der Waals surface area contributed by atoms with E-state index in [4.69, 9.17) is 11.6 Å². The first-order chi connectivity index (χ1) is 15.3. The highest BCUT2D eigenvalue weighted by molar-refractivity contribution is 6.31. The normalized spacial score (nSPS) is 15.3. The minimum Gasteiger partial charge on any atom is -0.367 e. The van der Waals surface area contributed by atoms with Crippen LogP contribution in [0, 0.1) is 0 Å². The largest absolute Gasteiger partial charge is 0.449 e. The summed E-state index contributed by atoms with van der Waals surface area (Å²) < 4.78 is 41.5. The van der Waals surface area contributed by atoms with Gasteiger partial charge in [-0.25, -0.2) is 4.98 Å². The SMILES string of the molecule is CCN1CCN(c2ccc(Cl)cc2NC(=O)Cn2c(C(F)(F)F)nc3ccccc32)CC1. The van der Waals surface area contributed by atoms with Crippen LogP contribution in [0.4, 0.5) is 24.5 Å². The molecule has 1 saturated heterocycles. The lowest BCUT2D eigenvalue weighted by Gasteiger charge is -2.36. The molecular weight excluding hydrogens is 443 g/mol. The van der Waals surface area contributed by atoms with Gasteiger partial charge in [0, 0.05) is 31.2 Å². The van der Waals surface area contributed by atoms with Crippen LogP contribution < -0.4 is 10.2 Å². The molecule has 0 unspecified atom stereocenters. The van der Waals surface area contributed by atoms with Gasteiger partial charge < -0.3 is 19.7 Å². The molecule has 0 radical (unpaired) electrons. The topological polar surface area (TPSA) is 53.4 Å². The Bertz CT molecular complexity index is 1120. The molecule has 170 valence electrons. The quantitative estimate of drug-likeness (QED) is 0.603. The van der Waals surface area contributed by atoms with Crippen molar-refractivity contribution < 1.29 is 18.0 Å². The van der Waals surface area contributed by atoms with Crippen molar-refractivity contribution >= 4 is 39.9 Å². The smallest absolute Gasteiger partial charge is 0.367 e. The van der Waals surface area contributed by atoms with Crippen molar-refractivity contribution in [3.63, 3.8) is 0 Å². The highest BCUT2D eigenvalue weighted by Gasteiger charge is 2.38. The number of halogens is 4. The number of amides is 1. The summed E-state index contributed by atoms with van der Waals surface area (Å²) in [5.74, 6) is -1.69. The van der Waals surface area contributed by atoms with E-state index in [1.165, 1.54) is 12.1 Å². The minimum absolute atomic E-state index is 0.185. The zero-order valence-corrected chi connectivity index (χ0v) is 18.2. The molecule has 10 heteroatoms. The molecule has 2 aromatic carbocycles. The van der Waals surface area contributed by atoms with Crippen LogP contribution >= 0.6 is 11.6 Å². The lowest BCUT2D eigenvalue weighted by atomic mass is 10.2. The number of aromatic nitrogens is 2. The molecule has 0 spiro atoms. The zero-order valence-electron chi connectivity index (χ0n) is 17.5. The van der Waals surface area contributed by atoms with Gasteiger partial charge in [-0.1, -0.05) is 30.7 Å². The number of hydrogen-bond acceptors (Lipinski definition) is 4. The molecule has 1 amide bonds. The van der Waals surface area contributed by atoms with Crippen molar-refractivity contribution in [2.45, 2.75) is 19.6 Å². The third-order valence-electron chi connectivity index (χ3n) is 5.60. The van der Waals surface area contributed by atoms with Crippen molar-refractivity contribution in [2.24, 2.45) is 0 Å². The number of benzene rings is 2. The first-order valence-electron chi connectivity index (χ1n) is 10.4. The molecule has 6 nitrogen and oxygen atoms in total. The molecule has 1 aliphatic rings. The third-order valence-corrected chi connectivity index (χ3v) is 5.84. The number of rotatable bonds is 5. The molecular formula is C22H23ClF3N5O. The van der Waals surface area contributed by atoms with Crippen LogP contribution in [0.15, 0.2) is 42.5 Å². The van der Waals surface area contributed by atoms with E-state index in [0.717, 1.165) is 43.0 Å². The van der Waals surface area contributed by atoms with Gasteiger partial charge in [0.1, 0.15) is 6.54 Å². The Balaban J connectivity index is 1.59. The van der Waals surface area contributed by atoms with Crippen LogP contribution in [-0.4, -0.2) is 53.1 Å². The molecule has 4 rings (SSSR count). The Hall–Kier alpha value is -2.78. The van der Waals surface area contributed by atoms with Crippen LogP contribution in [-0.2, 0) is 17.5 Å². The number of para-hydroxylation sites is 2. The highest BCUT2D eigenvalue weighted by atomic mass is 35.5. The number of fused-ring (bicyclic) bond motifs is 1. The van der Waals surface area contributed by atoms with Crippen LogP contribution in [0.5, 0.6) is 0 Å². The first-order valence-corrected chi connectivity index (χ1v) is 10.7. The van der Waals surface area contributed by atoms with E-state index >= 15 is 0 Å². The predicted octanol–water partition coefficient (Wildman–Crippen LogP) is 4.49. The summed E-state index contributed by atoms with van der Waals surface area (Å²) in [5.41, 5.74) is 1.71. The number of hydrogen-bond donors (Lipinski definition) is 1. The summed E-state index contributed by atoms with van der Waals surface area (Å²) in [6.07, 6.45) is -4.68. The van der Waals surface area contributed by atoms with Crippen molar-refractivity contribution in [1.82, 2.24) is 14.5 Å². The lowest BCUT2D eigenvalue weighted by molar-refractivity contribution is -0.147. The van der Waals surface area contributed by atoms with Gasteiger partial charge in [-0.2, -0.15) is 13.2 Å². The fraction of sp³-hybridized carbons (Fsp3) is 0.364. The number of alkyl halides is 3. The molecule has 1 aliphatic heterocycles. The molecule has 0 bridgehead atoms.